The van der Waals surface area contributed by atoms with Gasteiger partial charge in [-0.3, -0.25) is 0 Å². The molecule has 0 fully saturated rings. The zero-order chi connectivity index (χ0) is 12.5. The van der Waals surface area contributed by atoms with Gasteiger partial charge in [-0.2, -0.15) is 0 Å². The van der Waals surface area contributed by atoms with Gasteiger partial charge in [0.15, 0.2) is 5.75 Å². The maximum absolute atomic E-state index is 14.1. The molecule has 1 heterocycles. The third kappa shape index (κ3) is 1.84. The van der Waals surface area contributed by atoms with E-state index in [1.807, 2.05) is 31.2 Å². The van der Waals surface area contributed by atoms with Crippen molar-refractivity contribution in [2.24, 2.45) is 0 Å². The van der Waals surface area contributed by atoms with Crippen LogP contribution in [0.1, 0.15) is 5.56 Å². The van der Waals surface area contributed by atoms with Crippen molar-refractivity contribution in [1.82, 2.24) is 0 Å². The largest absolute Gasteiger partial charge is 0.461 e. The SMILES string of the molecule is Cc1cccc(-c2cc3c(cc2F)OC=CN3)c1. The summed E-state index contributed by atoms with van der Waals surface area (Å²) in [5.41, 5.74) is 3.32. The average molecular weight is 241 g/mol. The molecule has 2 aromatic rings. The summed E-state index contributed by atoms with van der Waals surface area (Å²) >= 11 is 0. The highest BCUT2D eigenvalue weighted by molar-refractivity contribution is 5.74. The van der Waals surface area contributed by atoms with E-state index in [4.69, 9.17) is 4.74 Å². The van der Waals surface area contributed by atoms with Gasteiger partial charge in [-0.05, 0) is 18.6 Å². The Morgan fingerprint density at radius 3 is 2.89 bits per heavy atom. The summed E-state index contributed by atoms with van der Waals surface area (Å²) < 4.78 is 19.3. The highest BCUT2D eigenvalue weighted by Crippen LogP contribution is 2.35. The second kappa shape index (κ2) is 4.18. The predicted octanol–water partition coefficient (Wildman–Crippen LogP) is 4.08. The molecule has 0 saturated heterocycles. The molecule has 2 aromatic carbocycles. The second-order valence-corrected chi connectivity index (χ2v) is 4.26. The van der Waals surface area contributed by atoms with E-state index in [2.05, 4.69) is 5.32 Å². The fourth-order valence-corrected chi connectivity index (χ4v) is 2.03. The van der Waals surface area contributed by atoms with Crippen molar-refractivity contribution in [2.75, 3.05) is 5.32 Å². The molecule has 0 atom stereocenters. The molecule has 0 aliphatic carbocycles. The molecular weight excluding hydrogens is 229 g/mol. The normalized spacial score (nSPS) is 12.6. The molecular formula is C15H12FNO. The van der Waals surface area contributed by atoms with Crippen LogP contribution in [0.3, 0.4) is 0 Å². The van der Waals surface area contributed by atoms with E-state index in [0.717, 1.165) is 16.8 Å². The molecule has 90 valence electrons. The van der Waals surface area contributed by atoms with E-state index in [-0.39, 0.29) is 5.82 Å². The molecule has 0 bridgehead atoms. The predicted molar refractivity (Wildman–Crippen MR) is 70.0 cm³/mol. The zero-order valence-corrected chi connectivity index (χ0v) is 9.91. The molecule has 3 heteroatoms. The van der Waals surface area contributed by atoms with Gasteiger partial charge in [0.25, 0.3) is 0 Å². The van der Waals surface area contributed by atoms with Crippen LogP contribution in [-0.2, 0) is 0 Å². The summed E-state index contributed by atoms with van der Waals surface area (Å²) in [5.74, 6) is 0.225. The Morgan fingerprint density at radius 2 is 2.06 bits per heavy atom. The van der Waals surface area contributed by atoms with Crippen molar-refractivity contribution >= 4 is 5.69 Å². The highest BCUT2D eigenvalue weighted by Gasteiger charge is 2.13. The smallest absolute Gasteiger partial charge is 0.152 e. The van der Waals surface area contributed by atoms with Crippen LogP contribution in [0.2, 0.25) is 0 Å². The molecule has 3 rings (SSSR count). The number of nitrogens with one attached hydrogen (secondary N) is 1. The quantitative estimate of drug-likeness (QED) is 0.812. The summed E-state index contributed by atoms with van der Waals surface area (Å²) in [4.78, 5) is 0. The lowest BCUT2D eigenvalue weighted by Crippen LogP contribution is -2.01. The molecule has 0 unspecified atom stereocenters. The lowest BCUT2D eigenvalue weighted by atomic mass is 10.0. The average Bonchev–Trinajstić information content (AvgIpc) is 2.38. The lowest BCUT2D eigenvalue weighted by Gasteiger charge is -2.15. The van der Waals surface area contributed by atoms with Crippen LogP contribution >= 0.6 is 0 Å². The van der Waals surface area contributed by atoms with Crippen molar-refractivity contribution in [2.45, 2.75) is 6.92 Å². The molecule has 0 radical (unpaired) electrons. The van der Waals surface area contributed by atoms with E-state index in [1.165, 1.54) is 12.3 Å². The Hall–Kier alpha value is -2.29. The summed E-state index contributed by atoms with van der Waals surface area (Å²) in [5, 5.41) is 3.04. The monoisotopic (exact) mass is 241 g/mol. The van der Waals surface area contributed by atoms with Gasteiger partial charge in [-0.15, -0.1) is 0 Å². The highest BCUT2D eigenvalue weighted by atomic mass is 19.1. The third-order valence-corrected chi connectivity index (χ3v) is 2.90. The number of rotatable bonds is 1. The molecule has 0 spiro atoms. The van der Waals surface area contributed by atoms with Gasteiger partial charge >= 0.3 is 0 Å². The van der Waals surface area contributed by atoms with Gasteiger partial charge < -0.3 is 10.1 Å². The number of anilines is 1. The molecule has 2 nitrogen and oxygen atoms in total. The van der Waals surface area contributed by atoms with E-state index >= 15 is 0 Å². The van der Waals surface area contributed by atoms with Crippen LogP contribution < -0.4 is 10.1 Å². The van der Waals surface area contributed by atoms with Gasteiger partial charge in [0.2, 0.25) is 0 Å². The minimum atomic E-state index is -0.281. The summed E-state index contributed by atoms with van der Waals surface area (Å²) in [6.45, 7) is 1.99. The van der Waals surface area contributed by atoms with Gasteiger partial charge in [-0.25, -0.2) is 4.39 Å². The van der Waals surface area contributed by atoms with Gasteiger partial charge in [-0.1, -0.05) is 29.8 Å². The van der Waals surface area contributed by atoms with Crippen LogP contribution in [-0.4, -0.2) is 0 Å². The zero-order valence-electron chi connectivity index (χ0n) is 9.91. The molecule has 1 N–H and O–H groups in total. The Balaban J connectivity index is 2.13. The topological polar surface area (TPSA) is 21.3 Å². The molecule has 0 amide bonds. The van der Waals surface area contributed by atoms with Gasteiger partial charge in [0.05, 0.1) is 5.69 Å². The van der Waals surface area contributed by atoms with Crippen LogP contribution in [0.4, 0.5) is 10.1 Å². The van der Waals surface area contributed by atoms with Gasteiger partial charge in [0.1, 0.15) is 12.1 Å². The molecule has 0 aromatic heterocycles. The second-order valence-electron chi connectivity index (χ2n) is 4.26. The molecule has 0 saturated carbocycles. The van der Waals surface area contributed by atoms with Crippen molar-refractivity contribution in [3.05, 3.63) is 60.2 Å². The Morgan fingerprint density at radius 1 is 1.17 bits per heavy atom. The van der Waals surface area contributed by atoms with E-state index < -0.39 is 0 Å². The fourth-order valence-electron chi connectivity index (χ4n) is 2.03. The van der Waals surface area contributed by atoms with E-state index in [9.17, 15) is 4.39 Å². The number of benzene rings is 2. The first-order chi connectivity index (χ1) is 8.74. The third-order valence-electron chi connectivity index (χ3n) is 2.90. The van der Waals surface area contributed by atoms with E-state index in [0.29, 0.717) is 11.3 Å². The number of hydrogen-bond donors (Lipinski definition) is 1. The van der Waals surface area contributed by atoms with Crippen molar-refractivity contribution in [3.63, 3.8) is 0 Å². The Kier molecular flexibility index (Phi) is 2.52. The van der Waals surface area contributed by atoms with Crippen molar-refractivity contribution < 1.29 is 9.13 Å². The van der Waals surface area contributed by atoms with Crippen molar-refractivity contribution in [1.29, 1.82) is 0 Å². The number of aryl methyl sites for hydroxylation is 1. The number of ether oxygens (including phenoxy) is 1. The summed E-state index contributed by atoms with van der Waals surface area (Å²) in [7, 11) is 0. The van der Waals surface area contributed by atoms with Crippen LogP contribution in [0.15, 0.2) is 48.9 Å². The number of hydrogen-bond acceptors (Lipinski definition) is 2. The van der Waals surface area contributed by atoms with Crippen LogP contribution in [0.25, 0.3) is 11.1 Å². The summed E-state index contributed by atoms with van der Waals surface area (Å²) in [6, 6.07) is 10.9. The first-order valence-electron chi connectivity index (χ1n) is 5.73. The molecule has 18 heavy (non-hydrogen) atoms. The minimum Gasteiger partial charge on any atom is -0.461 e. The molecule has 1 aliphatic rings. The van der Waals surface area contributed by atoms with Crippen LogP contribution in [0, 0.1) is 12.7 Å². The lowest BCUT2D eigenvalue weighted by molar-refractivity contribution is 0.471. The first kappa shape index (κ1) is 10.8. The van der Waals surface area contributed by atoms with Gasteiger partial charge in [0, 0.05) is 17.8 Å². The number of halogens is 1. The maximum Gasteiger partial charge on any atom is 0.152 e. The first-order valence-corrected chi connectivity index (χ1v) is 5.73. The van der Waals surface area contributed by atoms with Crippen molar-refractivity contribution in [3.8, 4) is 16.9 Å². The van der Waals surface area contributed by atoms with E-state index in [1.54, 1.807) is 12.3 Å². The van der Waals surface area contributed by atoms with Crippen LogP contribution in [0.5, 0.6) is 5.75 Å². The standard InChI is InChI=1S/C15H12FNO/c1-10-3-2-4-11(7-10)12-8-14-15(9-13(12)16)18-6-5-17-14/h2-9,17H,1H3. The minimum absolute atomic E-state index is 0.281. The number of fused-ring (bicyclic) bond motifs is 1. The summed E-state index contributed by atoms with van der Waals surface area (Å²) in [6.07, 6.45) is 3.17. The Labute approximate surface area is 105 Å². The maximum atomic E-state index is 14.1. The molecule has 1 aliphatic heterocycles. The Bertz CT molecular complexity index is 634. The fraction of sp³-hybridized carbons (Fsp3) is 0.0667.